The zero-order valence-electron chi connectivity index (χ0n) is 27.9. The number of hydrogen-bond acceptors (Lipinski definition) is 12. The second kappa shape index (κ2) is 16.8. The summed E-state index contributed by atoms with van der Waals surface area (Å²) in [6.45, 7) is 5.74. The predicted molar refractivity (Wildman–Crippen MR) is 167 cm³/mol. The van der Waals surface area contributed by atoms with Crippen LogP contribution in [0.15, 0.2) is 18.7 Å². The maximum atomic E-state index is 12.2. The van der Waals surface area contributed by atoms with Gasteiger partial charge in [0.1, 0.15) is 18.5 Å². The summed E-state index contributed by atoms with van der Waals surface area (Å²) in [6.07, 6.45) is 14.3. The van der Waals surface area contributed by atoms with Crippen molar-refractivity contribution >= 4 is 23.6 Å². The molecule has 1 N–H and O–H groups in total. The third-order valence-corrected chi connectivity index (χ3v) is 9.98. The van der Waals surface area contributed by atoms with E-state index < -0.39 is 29.3 Å². The van der Waals surface area contributed by atoms with Crippen molar-refractivity contribution in [1.82, 2.24) is 9.55 Å². The number of carboxylic acid groups (broad SMARTS) is 1. The molecule has 4 heterocycles. The number of ketones is 1. The van der Waals surface area contributed by atoms with Crippen LogP contribution in [0.1, 0.15) is 95.2 Å². The zero-order chi connectivity index (χ0) is 34.0. The van der Waals surface area contributed by atoms with Crippen LogP contribution in [0.25, 0.3) is 0 Å². The van der Waals surface area contributed by atoms with Crippen molar-refractivity contribution in [2.75, 3.05) is 46.2 Å². The van der Waals surface area contributed by atoms with Gasteiger partial charge in [-0.05, 0) is 45.4 Å². The number of carboxylic acids is 1. The molecular formula is C34H50N2O12. The lowest BCUT2D eigenvalue weighted by Gasteiger charge is -2.35. The van der Waals surface area contributed by atoms with E-state index in [-0.39, 0.29) is 35.9 Å². The Bertz CT molecular complexity index is 1220. The third kappa shape index (κ3) is 9.48. The predicted octanol–water partition coefficient (Wildman–Crippen LogP) is 3.90. The molecular weight excluding hydrogens is 628 g/mol. The van der Waals surface area contributed by atoms with E-state index in [1.165, 1.54) is 0 Å². The number of carbonyl (C=O) groups is 4. The van der Waals surface area contributed by atoms with Gasteiger partial charge < -0.3 is 38.3 Å². The highest BCUT2D eigenvalue weighted by Crippen LogP contribution is 2.41. The minimum absolute atomic E-state index is 0.0175. The van der Waals surface area contributed by atoms with Gasteiger partial charge in [0.2, 0.25) is 5.91 Å². The molecule has 0 radical (unpaired) electrons. The monoisotopic (exact) mass is 678 g/mol. The molecule has 3 unspecified atom stereocenters. The van der Waals surface area contributed by atoms with Gasteiger partial charge in [-0.25, -0.2) is 4.98 Å². The number of Topliss-reactive ketones (excluding diaryl/α,β-unsaturated/α-hetero) is 1. The van der Waals surface area contributed by atoms with Crippen molar-refractivity contribution in [3.63, 3.8) is 0 Å². The normalized spacial score (nSPS) is 28.2. The van der Waals surface area contributed by atoms with Crippen LogP contribution in [-0.4, -0.2) is 102 Å². The number of nitrogens with zero attached hydrogens (tertiary/aromatic N) is 2. The number of rotatable bonds is 6. The lowest BCUT2D eigenvalue weighted by Crippen LogP contribution is -2.39. The molecule has 3 saturated heterocycles. The highest BCUT2D eigenvalue weighted by atomic mass is 16.7. The molecule has 0 aromatic carbocycles. The maximum Gasteiger partial charge on any atom is 0.313 e. The van der Waals surface area contributed by atoms with Gasteiger partial charge in [0.15, 0.2) is 17.4 Å². The largest absolute Gasteiger partial charge is 0.481 e. The Kier molecular flexibility index (Phi) is 12.8. The van der Waals surface area contributed by atoms with Crippen LogP contribution in [0, 0.1) is 17.8 Å². The van der Waals surface area contributed by atoms with E-state index in [2.05, 4.69) is 4.98 Å². The molecule has 3 atom stereocenters. The Morgan fingerprint density at radius 2 is 1.21 bits per heavy atom. The van der Waals surface area contributed by atoms with Gasteiger partial charge in [-0.3, -0.25) is 23.7 Å². The Labute approximate surface area is 281 Å². The van der Waals surface area contributed by atoms with E-state index in [9.17, 15) is 19.2 Å². The standard InChI is InChI=1S/C13H20O5.C12H16N2O3.C9H14O4/c1-2-16-12(15)8-11(14)10-4-3-5-13(9-10)17-6-7-18-13;15-11(14-5-4-13-9-14)10-2-1-3-12(8-10)16-6-7-17-12;10-8(11)7-2-1-3-9(6-7)12-4-5-13-9/h10H,2-9H2,1H3;4-5,9-10H,1-3,6-8H2;7H,1-6H2,(H,10,11). The molecule has 6 fully saturated rings. The molecule has 1 aromatic rings. The molecule has 3 spiro atoms. The Balaban J connectivity index is 0.000000143. The molecule has 0 amide bonds. The Morgan fingerprint density at radius 1 is 0.750 bits per heavy atom. The summed E-state index contributed by atoms with van der Waals surface area (Å²) in [5.74, 6) is -3.15. The molecule has 7 rings (SSSR count). The smallest absolute Gasteiger partial charge is 0.313 e. The van der Waals surface area contributed by atoms with Gasteiger partial charge in [-0.1, -0.05) is 0 Å². The average Bonchev–Trinajstić information content (AvgIpc) is 3.92. The van der Waals surface area contributed by atoms with Crippen LogP contribution < -0.4 is 0 Å². The second-order valence-electron chi connectivity index (χ2n) is 13.3. The third-order valence-electron chi connectivity index (χ3n) is 9.98. The summed E-state index contributed by atoms with van der Waals surface area (Å²) in [5.41, 5.74) is 0. The molecule has 1 aromatic heterocycles. The van der Waals surface area contributed by atoms with Crippen molar-refractivity contribution in [2.45, 2.75) is 108 Å². The molecule has 268 valence electrons. The molecule has 48 heavy (non-hydrogen) atoms. The van der Waals surface area contributed by atoms with Crippen molar-refractivity contribution < 1.29 is 57.4 Å². The first-order valence-corrected chi connectivity index (χ1v) is 17.4. The molecule has 6 aliphatic rings. The summed E-state index contributed by atoms with van der Waals surface area (Å²) < 4.78 is 39.9. The number of aromatic nitrogens is 2. The van der Waals surface area contributed by atoms with Gasteiger partial charge in [0.05, 0.1) is 52.2 Å². The second-order valence-corrected chi connectivity index (χ2v) is 13.3. The topological polar surface area (TPSA) is 171 Å². The van der Waals surface area contributed by atoms with Crippen LogP contribution in [0.3, 0.4) is 0 Å². The summed E-state index contributed by atoms with van der Waals surface area (Å²) in [5, 5.41) is 8.87. The number of ether oxygens (including phenoxy) is 7. The quantitative estimate of drug-likeness (QED) is 0.340. The number of hydrogen-bond donors (Lipinski definition) is 1. The lowest BCUT2D eigenvalue weighted by atomic mass is 9.81. The SMILES string of the molecule is CCOC(=O)CC(=O)C1CCCC2(C1)OCCO2.O=C(C1CCCC2(C1)OCCO2)n1ccnc1.O=C(O)C1CCCC2(C1)OCCO2. The molecule has 3 aliphatic heterocycles. The molecule has 3 aliphatic carbocycles. The number of imidazole rings is 1. The fraction of sp³-hybridized carbons (Fsp3) is 0.794. The minimum atomic E-state index is -0.724. The average molecular weight is 679 g/mol. The highest BCUT2D eigenvalue weighted by molar-refractivity contribution is 5.96. The van der Waals surface area contributed by atoms with Gasteiger partial charge in [-0.2, -0.15) is 0 Å². The van der Waals surface area contributed by atoms with E-state index in [0.29, 0.717) is 65.5 Å². The Morgan fingerprint density at radius 3 is 1.67 bits per heavy atom. The van der Waals surface area contributed by atoms with Gasteiger partial charge in [-0.15, -0.1) is 0 Å². The first-order chi connectivity index (χ1) is 23.2. The van der Waals surface area contributed by atoms with Crippen LogP contribution in [0.2, 0.25) is 0 Å². The molecule has 14 nitrogen and oxygen atoms in total. The zero-order valence-corrected chi connectivity index (χ0v) is 27.9. The molecule has 3 saturated carbocycles. The van der Waals surface area contributed by atoms with E-state index in [1.807, 2.05) is 0 Å². The van der Waals surface area contributed by atoms with E-state index in [1.54, 1.807) is 30.2 Å². The molecule has 0 bridgehead atoms. The molecule has 14 heteroatoms. The minimum Gasteiger partial charge on any atom is -0.481 e. The van der Waals surface area contributed by atoms with Gasteiger partial charge in [0, 0.05) is 62.8 Å². The fourth-order valence-corrected chi connectivity index (χ4v) is 7.66. The first-order valence-electron chi connectivity index (χ1n) is 17.4. The van der Waals surface area contributed by atoms with Crippen molar-refractivity contribution in [1.29, 1.82) is 0 Å². The highest BCUT2D eigenvalue weighted by Gasteiger charge is 2.45. The summed E-state index contributed by atoms with van der Waals surface area (Å²) in [6, 6.07) is 0. The Hall–Kier alpha value is -2.75. The summed E-state index contributed by atoms with van der Waals surface area (Å²) >= 11 is 0. The van der Waals surface area contributed by atoms with Gasteiger partial charge >= 0.3 is 11.9 Å². The first kappa shape index (κ1) is 36.5. The van der Waals surface area contributed by atoms with Crippen molar-refractivity contribution in [3.05, 3.63) is 18.7 Å². The summed E-state index contributed by atoms with van der Waals surface area (Å²) in [7, 11) is 0. The van der Waals surface area contributed by atoms with E-state index in [4.69, 9.17) is 38.3 Å². The van der Waals surface area contributed by atoms with E-state index in [0.717, 1.165) is 57.8 Å². The van der Waals surface area contributed by atoms with Crippen LogP contribution in [-0.2, 0) is 47.5 Å². The number of carbonyl (C=O) groups excluding carboxylic acids is 3. The number of aliphatic carboxylic acids is 1. The van der Waals surface area contributed by atoms with Gasteiger partial charge in [0.25, 0.3) is 0 Å². The number of esters is 1. The van der Waals surface area contributed by atoms with Crippen LogP contribution in [0.5, 0.6) is 0 Å². The van der Waals surface area contributed by atoms with Crippen molar-refractivity contribution in [3.8, 4) is 0 Å². The fourth-order valence-electron chi connectivity index (χ4n) is 7.66. The van der Waals surface area contributed by atoms with Crippen molar-refractivity contribution in [2.24, 2.45) is 17.8 Å². The maximum absolute atomic E-state index is 12.2. The van der Waals surface area contributed by atoms with Crippen LogP contribution in [0.4, 0.5) is 0 Å². The summed E-state index contributed by atoms with van der Waals surface area (Å²) in [4.78, 5) is 50.2. The van der Waals surface area contributed by atoms with Crippen LogP contribution >= 0.6 is 0 Å². The lowest BCUT2D eigenvalue weighted by molar-refractivity contribution is -0.193. The van der Waals surface area contributed by atoms with E-state index >= 15 is 0 Å².